The average molecular weight is 299 g/mol. The number of amides is 2. The maximum absolute atomic E-state index is 12.2. The van der Waals surface area contributed by atoms with E-state index in [0.29, 0.717) is 25.6 Å². The number of carboxylic acids is 1. The first-order valence-corrected chi connectivity index (χ1v) is 7.91. The van der Waals surface area contributed by atoms with Crippen LogP contribution in [0.1, 0.15) is 40.5 Å². The maximum atomic E-state index is 12.2. The van der Waals surface area contributed by atoms with Crippen LogP contribution in [0.3, 0.4) is 0 Å². The Bertz CT molecular complexity index is 356. The number of rotatable bonds is 7. The van der Waals surface area contributed by atoms with Gasteiger partial charge in [0.05, 0.1) is 0 Å². The van der Waals surface area contributed by atoms with Gasteiger partial charge in [0.25, 0.3) is 0 Å². The molecule has 21 heavy (non-hydrogen) atoms. The Morgan fingerprint density at radius 2 is 1.95 bits per heavy atom. The number of urea groups is 1. The topological polar surface area (TPSA) is 72.9 Å². The lowest BCUT2D eigenvalue weighted by molar-refractivity contribution is -0.139. The van der Waals surface area contributed by atoms with Crippen molar-refractivity contribution in [2.24, 2.45) is 5.92 Å². The zero-order valence-electron chi connectivity index (χ0n) is 13.6. The van der Waals surface area contributed by atoms with Gasteiger partial charge in [-0.2, -0.15) is 0 Å². The van der Waals surface area contributed by atoms with Crippen molar-refractivity contribution in [3.63, 3.8) is 0 Å². The number of likely N-dealkylation sites (N-methyl/N-ethyl adjacent to an activating group) is 1. The van der Waals surface area contributed by atoms with E-state index in [2.05, 4.69) is 24.1 Å². The van der Waals surface area contributed by atoms with Crippen molar-refractivity contribution >= 4 is 12.0 Å². The first-order chi connectivity index (χ1) is 9.88. The summed E-state index contributed by atoms with van der Waals surface area (Å²) >= 11 is 0. The number of hydrogen-bond donors (Lipinski definition) is 2. The van der Waals surface area contributed by atoms with E-state index >= 15 is 0 Å². The monoisotopic (exact) mass is 299 g/mol. The van der Waals surface area contributed by atoms with Crippen molar-refractivity contribution in [3.05, 3.63) is 0 Å². The Hall–Kier alpha value is -1.30. The molecule has 1 unspecified atom stereocenters. The van der Waals surface area contributed by atoms with Crippen LogP contribution in [0.5, 0.6) is 0 Å². The Morgan fingerprint density at radius 3 is 2.43 bits per heavy atom. The number of hydrogen-bond acceptors (Lipinski definition) is 3. The third kappa shape index (κ3) is 5.19. The van der Waals surface area contributed by atoms with Gasteiger partial charge in [-0.15, -0.1) is 0 Å². The van der Waals surface area contributed by atoms with E-state index in [0.717, 1.165) is 19.5 Å². The van der Waals surface area contributed by atoms with Crippen LogP contribution < -0.4 is 5.32 Å². The fourth-order valence-corrected chi connectivity index (χ4v) is 2.90. The Morgan fingerprint density at radius 1 is 1.33 bits per heavy atom. The van der Waals surface area contributed by atoms with E-state index in [9.17, 15) is 14.7 Å². The molecule has 1 heterocycles. The average Bonchev–Trinajstić information content (AvgIpc) is 2.88. The minimum atomic E-state index is -0.962. The van der Waals surface area contributed by atoms with Crippen LogP contribution in [0.4, 0.5) is 4.79 Å². The summed E-state index contributed by atoms with van der Waals surface area (Å²) in [5, 5.41) is 11.8. The van der Waals surface area contributed by atoms with E-state index in [1.807, 2.05) is 13.8 Å². The number of carboxylic acid groups (broad SMARTS) is 1. The largest absolute Gasteiger partial charge is 0.480 e. The van der Waals surface area contributed by atoms with Crippen LogP contribution >= 0.6 is 0 Å². The molecule has 0 aromatic carbocycles. The number of carbonyl (C=O) groups is 2. The maximum Gasteiger partial charge on any atom is 0.326 e. The smallest absolute Gasteiger partial charge is 0.326 e. The van der Waals surface area contributed by atoms with Crippen molar-refractivity contribution in [1.82, 2.24) is 15.1 Å². The second-order valence-corrected chi connectivity index (χ2v) is 6.08. The zero-order valence-corrected chi connectivity index (χ0v) is 13.6. The van der Waals surface area contributed by atoms with Crippen LogP contribution in [-0.4, -0.2) is 65.2 Å². The van der Waals surface area contributed by atoms with Gasteiger partial charge in [-0.25, -0.2) is 9.59 Å². The highest BCUT2D eigenvalue weighted by molar-refractivity contribution is 5.82. The first kappa shape index (κ1) is 17.8. The second-order valence-electron chi connectivity index (χ2n) is 6.08. The summed E-state index contributed by atoms with van der Waals surface area (Å²) in [6.07, 6.45) is 1.41. The molecule has 0 saturated carbocycles. The minimum absolute atomic E-state index is 0.230. The summed E-state index contributed by atoms with van der Waals surface area (Å²) in [5.41, 5.74) is 0. The molecule has 2 atom stereocenters. The first-order valence-electron chi connectivity index (χ1n) is 7.91. The highest BCUT2D eigenvalue weighted by Crippen LogP contribution is 2.16. The summed E-state index contributed by atoms with van der Waals surface area (Å²) in [7, 11) is 0. The van der Waals surface area contributed by atoms with Gasteiger partial charge in [-0.3, -0.25) is 4.90 Å². The number of likely N-dealkylation sites (tertiary alicyclic amines) is 1. The molecule has 0 spiro atoms. The highest BCUT2D eigenvalue weighted by Gasteiger charge is 2.31. The van der Waals surface area contributed by atoms with Crippen LogP contribution in [0.15, 0.2) is 0 Å². The molecular weight excluding hydrogens is 270 g/mol. The van der Waals surface area contributed by atoms with E-state index in [-0.39, 0.29) is 11.9 Å². The Labute approximate surface area is 127 Å². The van der Waals surface area contributed by atoms with E-state index < -0.39 is 12.0 Å². The van der Waals surface area contributed by atoms with Gasteiger partial charge in [-0.1, -0.05) is 27.7 Å². The molecule has 1 fully saturated rings. The molecule has 6 nitrogen and oxygen atoms in total. The summed E-state index contributed by atoms with van der Waals surface area (Å²) in [5.74, 6) is -0.732. The zero-order chi connectivity index (χ0) is 16.0. The fourth-order valence-electron chi connectivity index (χ4n) is 2.90. The lowest BCUT2D eigenvalue weighted by atomic mass is 10.0. The molecule has 1 aliphatic heterocycles. The third-order valence-corrected chi connectivity index (χ3v) is 4.08. The number of nitrogens with zero attached hydrogens (tertiary/aromatic N) is 2. The van der Waals surface area contributed by atoms with E-state index in [4.69, 9.17) is 0 Å². The third-order valence-electron chi connectivity index (χ3n) is 4.08. The van der Waals surface area contributed by atoms with Crippen LogP contribution in [-0.2, 0) is 4.79 Å². The fraction of sp³-hybridized carbons (Fsp3) is 0.867. The van der Waals surface area contributed by atoms with Crippen LogP contribution in [0.2, 0.25) is 0 Å². The molecular formula is C15H29N3O3. The van der Waals surface area contributed by atoms with E-state index in [1.165, 1.54) is 0 Å². The summed E-state index contributed by atoms with van der Waals surface area (Å²) in [4.78, 5) is 27.5. The Balaban J connectivity index is 2.54. The predicted octanol–water partition coefficient (Wildman–Crippen LogP) is 1.61. The summed E-state index contributed by atoms with van der Waals surface area (Å²) < 4.78 is 0. The molecule has 2 N–H and O–H groups in total. The van der Waals surface area contributed by atoms with Gasteiger partial charge < -0.3 is 15.3 Å². The molecule has 0 aromatic heterocycles. The van der Waals surface area contributed by atoms with Crippen molar-refractivity contribution < 1.29 is 14.7 Å². The molecule has 1 aliphatic rings. The Kier molecular flexibility index (Phi) is 6.95. The molecule has 0 bridgehead atoms. The molecule has 1 rings (SSSR count). The predicted molar refractivity (Wildman–Crippen MR) is 82.3 cm³/mol. The SMILES string of the molecule is CCN(CC)C1CCN(C(=O)N[C@@H](CC(C)C)C(=O)O)C1. The van der Waals surface area contributed by atoms with Crippen LogP contribution in [0, 0.1) is 5.92 Å². The summed E-state index contributed by atoms with van der Waals surface area (Å²) in [6.45, 7) is 11.5. The van der Waals surface area contributed by atoms with Gasteiger partial charge in [0.15, 0.2) is 0 Å². The highest BCUT2D eigenvalue weighted by atomic mass is 16.4. The molecule has 6 heteroatoms. The van der Waals surface area contributed by atoms with Crippen molar-refractivity contribution in [2.45, 2.75) is 52.6 Å². The number of nitrogens with one attached hydrogen (secondary N) is 1. The van der Waals surface area contributed by atoms with Gasteiger partial charge in [0.2, 0.25) is 0 Å². The van der Waals surface area contributed by atoms with Gasteiger partial charge in [0.1, 0.15) is 6.04 Å². The number of carbonyl (C=O) groups excluding carboxylic acids is 1. The molecule has 122 valence electrons. The van der Waals surface area contributed by atoms with Crippen LogP contribution in [0.25, 0.3) is 0 Å². The second kappa shape index (κ2) is 8.22. The molecule has 0 aromatic rings. The van der Waals surface area contributed by atoms with Crippen molar-refractivity contribution in [2.75, 3.05) is 26.2 Å². The van der Waals surface area contributed by atoms with Gasteiger partial charge >= 0.3 is 12.0 Å². The quantitative estimate of drug-likeness (QED) is 0.749. The molecule has 1 saturated heterocycles. The van der Waals surface area contributed by atoms with Gasteiger partial charge in [0, 0.05) is 19.1 Å². The van der Waals surface area contributed by atoms with Gasteiger partial charge in [-0.05, 0) is 31.8 Å². The molecule has 2 amide bonds. The van der Waals surface area contributed by atoms with Crippen molar-refractivity contribution in [1.29, 1.82) is 0 Å². The van der Waals surface area contributed by atoms with Crippen molar-refractivity contribution in [3.8, 4) is 0 Å². The molecule has 0 aliphatic carbocycles. The lowest BCUT2D eigenvalue weighted by Crippen LogP contribution is -2.48. The minimum Gasteiger partial charge on any atom is -0.480 e. The normalized spacial score (nSPS) is 20.1. The number of aliphatic carboxylic acids is 1. The summed E-state index contributed by atoms with van der Waals surface area (Å²) in [6, 6.07) is -0.665. The molecule has 0 radical (unpaired) electrons. The van der Waals surface area contributed by atoms with E-state index in [1.54, 1.807) is 4.90 Å². The lowest BCUT2D eigenvalue weighted by Gasteiger charge is -2.26. The standard InChI is InChI=1S/C15H29N3O3/c1-5-17(6-2)12-7-8-18(10-12)15(21)16-13(14(19)20)9-11(3)4/h11-13H,5-10H2,1-4H3,(H,16,21)(H,19,20)/t12?,13-/m0/s1.